The van der Waals surface area contributed by atoms with Gasteiger partial charge in [-0.15, -0.1) is 0 Å². The van der Waals surface area contributed by atoms with Gasteiger partial charge in [0.1, 0.15) is 5.82 Å². The highest BCUT2D eigenvalue weighted by Gasteiger charge is 2.16. The van der Waals surface area contributed by atoms with E-state index in [4.69, 9.17) is 0 Å². The van der Waals surface area contributed by atoms with Crippen LogP contribution >= 0.6 is 0 Å². The van der Waals surface area contributed by atoms with Gasteiger partial charge in [-0.1, -0.05) is 29.8 Å². The van der Waals surface area contributed by atoms with E-state index in [0.29, 0.717) is 5.56 Å². The standard InChI is InChI=1S/C19H22FN3O4S/c1-13-6-8-17(9-7-13)28(26,27)22-12-18(24)21-11-19(25)23-14(2)15-4-3-5-16(20)10-15/h3-10,14,22H,11-12H2,1-2H3,(H,21,24)(H,23,25). The van der Waals surface area contributed by atoms with Gasteiger partial charge in [-0.25, -0.2) is 17.5 Å². The van der Waals surface area contributed by atoms with Crippen LogP contribution in [0.3, 0.4) is 0 Å². The number of halogens is 1. The molecule has 2 aromatic carbocycles. The molecule has 2 aromatic rings. The van der Waals surface area contributed by atoms with Gasteiger partial charge in [0.15, 0.2) is 0 Å². The van der Waals surface area contributed by atoms with Gasteiger partial charge in [-0.05, 0) is 43.7 Å². The minimum Gasteiger partial charge on any atom is -0.348 e. The fourth-order valence-electron chi connectivity index (χ4n) is 2.35. The van der Waals surface area contributed by atoms with Crippen molar-refractivity contribution < 1.29 is 22.4 Å². The van der Waals surface area contributed by atoms with Crippen molar-refractivity contribution in [1.82, 2.24) is 15.4 Å². The largest absolute Gasteiger partial charge is 0.348 e. The van der Waals surface area contributed by atoms with E-state index in [1.807, 2.05) is 6.92 Å². The van der Waals surface area contributed by atoms with Crippen LogP contribution in [0.1, 0.15) is 24.1 Å². The van der Waals surface area contributed by atoms with Gasteiger partial charge in [0, 0.05) is 0 Å². The highest BCUT2D eigenvalue weighted by molar-refractivity contribution is 7.89. The first kappa shape index (κ1) is 21.5. The Hall–Kier alpha value is -2.78. The summed E-state index contributed by atoms with van der Waals surface area (Å²) < 4.78 is 39.6. The number of carbonyl (C=O) groups excluding carboxylic acids is 2. The first-order valence-electron chi connectivity index (χ1n) is 8.55. The molecule has 7 nitrogen and oxygen atoms in total. The maximum atomic E-state index is 13.2. The molecule has 0 aromatic heterocycles. The Morgan fingerprint density at radius 3 is 2.36 bits per heavy atom. The van der Waals surface area contributed by atoms with E-state index >= 15 is 0 Å². The molecule has 28 heavy (non-hydrogen) atoms. The molecule has 0 aliphatic heterocycles. The second-order valence-corrected chi connectivity index (χ2v) is 8.03. The van der Waals surface area contributed by atoms with Crippen LogP contribution in [0.4, 0.5) is 4.39 Å². The third-order valence-corrected chi connectivity index (χ3v) is 5.34. The predicted molar refractivity (Wildman–Crippen MR) is 102 cm³/mol. The Bertz CT molecular complexity index is 946. The van der Waals surface area contributed by atoms with Crippen LogP contribution in [0.15, 0.2) is 53.4 Å². The molecule has 1 unspecified atom stereocenters. The zero-order valence-corrected chi connectivity index (χ0v) is 16.3. The lowest BCUT2D eigenvalue weighted by Crippen LogP contribution is -2.42. The molecule has 9 heteroatoms. The number of hydrogen-bond donors (Lipinski definition) is 3. The van der Waals surface area contributed by atoms with Crippen molar-refractivity contribution in [3.05, 3.63) is 65.5 Å². The topological polar surface area (TPSA) is 104 Å². The Balaban J connectivity index is 1.78. The molecular formula is C19H22FN3O4S. The molecule has 0 saturated heterocycles. The van der Waals surface area contributed by atoms with Crippen molar-refractivity contribution in [2.45, 2.75) is 24.8 Å². The molecule has 0 heterocycles. The second kappa shape index (κ2) is 9.43. The highest BCUT2D eigenvalue weighted by Crippen LogP contribution is 2.13. The lowest BCUT2D eigenvalue weighted by Gasteiger charge is -2.15. The normalized spacial score (nSPS) is 12.2. The number of rotatable bonds is 8. The van der Waals surface area contributed by atoms with E-state index in [1.165, 1.54) is 30.3 Å². The van der Waals surface area contributed by atoms with Crippen molar-refractivity contribution in [3.63, 3.8) is 0 Å². The summed E-state index contributed by atoms with van der Waals surface area (Å²) in [6.45, 7) is 2.69. The zero-order chi connectivity index (χ0) is 20.7. The Kier molecular flexibility index (Phi) is 7.24. The molecule has 0 bridgehead atoms. The molecule has 0 radical (unpaired) electrons. The molecule has 3 N–H and O–H groups in total. The van der Waals surface area contributed by atoms with E-state index < -0.39 is 40.2 Å². The molecule has 0 fully saturated rings. The fraction of sp³-hybridized carbons (Fsp3) is 0.263. The summed E-state index contributed by atoms with van der Waals surface area (Å²) in [5.74, 6) is -1.54. The van der Waals surface area contributed by atoms with Crippen LogP contribution in [0.25, 0.3) is 0 Å². The molecule has 0 saturated carbocycles. The molecule has 0 aliphatic carbocycles. The zero-order valence-electron chi connectivity index (χ0n) is 15.5. The van der Waals surface area contributed by atoms with Gasteiger partial charge in [0.05, 0.1) is 24.0 Å². The highest BCUT2D eigenvalue weighted by atomic mass is 32.2. The Morgan fingerprint density at radius 1 is 1.04 bits per heavy atom. The van der Waals surface area contributed by atoms with Crippen LogP contribution in [-0.2, 0) is 19.6 Å². The van der Waals surface area contributed by atoms with Crippen molar-refractivity contribution in [2.75, 3.05) is 13.1 Å². The maximum absolute atomic E-state index is 13.2. The summed E-state index contributed by atoms with van der Waals surface area (Å²) >= 11 is 0. The molecule has 0 spiro atoms. The minimum atomic E-state index is -3.82. The monoisotopic (exact) mass is 407 g/mol. The number of amides is 2. The van der Waals surface area contributed by atoms with Crippen molar-refractivity contribution in [3.8, 4) is 0 Å². The van der Waals surface area contributed by atoms with Gasteiger partial charge in [-0.2, -0.15) is 0 Å². The summed E-state index contributed by atoms with van der Waals surface area (Å²) in [6.07, 6.45) is 0. The molecule has 0 aliphatic rings. The molecular weight excluding hydrogens is 385 g/mol. The van der Waals surface area contributed by atoms with Crippen LogP contribution in [0.5, 0.6) is 0 Å². The average molecular weight is 407 g/mol. The number of hydrogen-bond acceptors (Lipinski definition) is 4. The SMILES string of the molecule is Cc1ccc(S(=O)(=O)NCC(=O)NCC(=O)NC(C)c2cccc(F)c2)cc1. The summed E-state index contributed by atoms with van der Waals surface area (Å²) in [5.41, 5.74) is 1.50. The van der Waals surface area contributed by atoms with Crippen molar-refractivity contribution in [1.29, 1.82) is 0 Å². The van der Waals surface area contributed by atoms with E-state index in [1.54, 1.807) is 25.1 Å². The molecule has 150 valence electrons. The van der Waals surface area contributed by atoms with Crippen molar-refractivity contribution in [2.24, 2.45) is 0 Å². The van der Waals surface area contributed by atoms with Gasteiger partial charge >= 0.3 is 0 Å². The van der Waals surface area contributed by atoms with E-state index in [9.17, 15) is 22.4 Å². The first-order valence-corrected chi connectivity index (χ1v) is 10.0. The van der Waals surface area contributed by atoms with Crippen LogP contribution in [-0.4, -0.2) is 33.3 Å². The Labute approximate surface area is 163 Å². The molecule has 2 rings (SSSR count). The maximum Gasteiger partial charge on any atom is 0.241 e. The fourth-order valence-corrected chi connectivity index (χ4v) is 3.34. The quantitative estimate of drug-likeness (QED) is 0.615. The summed E-state index contributed by atoms with van der Waals surface area (Å²) in [5, 5.41) is 4.96. The molecule has 1 atom stereocenters. The van der Waals surface area contributed by atoms with Gasteiger partial charge in [0.2, 0.25) is 21.8 Å². The van der Waals surface area contributed by atoms with E-state index in [0.717, 1.165) is 5.56 Å². The van der Waals surface area contributed by atoms with E-state index in [-0.39, 0.29) is 11.4 Å². The second-order valence-electron chi connectivity index (χ2n) is 6.26. The van der Waals surface area contributed by atoms with Crippen molar-refractivity contribution >= 4 is 21.8 Å². The third kappa shape index (κ3) is 6.43. The number of carbonyl (C=O) groups is 2. The van der Waals surface area contributed by atoms with E-state index in [2.05, 4.69) is 15.4 Å². The smallest absolute Gasteiger partial charge is 0.241 e. The average Bonchev–Trinajstić information content (AvgIpc) is 2.65. The number of nitrogens with one attached hydrogen (secondary N) is 3. The number of benzene rings is 2. The van der Waals surface area contributed by atoms with Gasteiger partial charge in [-0.3, -0.25) is 9.59 Å². The summed E-state index contributed by atoms with van der Waals surface area (Å²) in [4.78, 5) is 23.8. The van der Waals surface area contributed by atoms with Crippen LogP contribution in [0, 0.1) is 12.7 Å². The predicted octanol–water partition coefficient (Wildman–Crippen LogP) is 1.41. The first-order chi connectivity index (χ1) is 13.2. The van der Waals surface area contributed by atoms with Gasteiger partial charge < -0.3 is 10.6 Å². The minimum absolute atomic E-state index is 0.0487. The Morgan fingerprint density at radius 2 is 1.71 bits per heavy atom. The lowest BCUT2D eigenvalue weighted by atomic mass is 10.1. The summed E-state index contributed by atoms with van der Waals surface area (Å²) in [7, 11) is -3.82. The lowest BCUT2D eigenvalue weighted by molar-refractivity contribution is -0.125. The summed E-state index contributed by atoms with van der Waals surface area (Å²) in [6, 6.07) is 11.6. The number of aryl methyl sites for hydroxylation is 1. The van der Waals surface area contributed by atoms with Gasteiger partial charge in [0.25, 0.3) is 0 Å². The third-order valence-electron chi connectivity index (χ3n) is 3.93. The van der Waals surface area contributed by atoms with Crippen LogP contribution in [0.2, 0.25) is 0 Å². The van der Waals surface area contributed by atoms with Crippen LogP contribution < -0.4 is 15.4 Å². The molecule has 2 amide bonds. The number of sulfonamides is 1.